The predicted octanol–water partition coefficient (Wildman–Crippen LogP) is 2.15. The van der Waals surface area contributed by atoms with Crippen LogP contribution < -0.4 is 5.32 Å². The maximum absolute atomic E-state index is 13.4. The smallest absolute Gasteiger partial charge is 0.408 e. The van der Waals surface area contributed by atoms with Crippen LogP contribution in [0.2, 0.25) is 0 Å². The molecule has 1 fully saturated rings. The molecule has 1 aliphatic carbocycles. The molecule has 0 aromatic rings. The van der Waals surface area contributed by atoms with Crippen molar-refractivity contribution in [2.24, 2.45) is 5.92 Å². The monoisotopic (exact) mass is 293 g/mol. The molecule has 1 amide bonds. The molecule has 0 aliphatic heterocycles. The van der Waals surface area contributed by atoms with Crippen LogP contribution in [0.15, 0.2) is 11.2 Å². The van der Waals surface area contributed by atoms with Crippen molar-refractivity contribution in [3.8, 4) is 0 Å². The zero-order chi connectivity index (χ0) is 14.8. The normalized spacial score (nSPS) is 18.9. The van der Waals surface area contributed by atoms with Crippen molar-refractivity contribution in [3.63, 3.8) is 0 Å². The molecule has 110 valence electrons. The fourth-order valence-electron chi connectivity index (χ4n) is 1.46. The van der Waals surface area contributed by atoms with Gasteiger partial charge in [0.1, 0.15) is 5.60 Å². The van der Waals surface area contributed by atoms with Gasteiger partial charge in [0.25, 0.3) is 0 Å². The average Bonchev–Trinajstić information content (AvgIpc) is 2.94. The van der Waals surface area contributed by atoms with E-state index >= 15 is 0 Å². The molecule has 0 aromatic heterocycles. The van der Waals surface area contributed by atoms with Crippen LogP contribution in [0.5, 0.6) is 0 Å². The molecular formula is C12H20FNO4S. The van der Waals surface area contributed by atoms with Gasteiger partial charge in [-0.1, -0.05) is 0 Å². The molecule has 0 bridgehead atoms. The molecule has 1 aliphatic rings. The minimum atomic E-state index is -3.87. The largest absolute Gasteiger partial charge is 0.444 e. The summed E-state index contributed by atoms with van der Waals surface area (Å²) in [5.74, 6) is 0.0695. The maximum atomic E-state index is 13.4. The Balaban J connectivity index is 2.72. The first kappa shape index (κ1) is 15.9. The first-order valence-corrected chi connectivity index (χ1v) is 7.95. The second-order valence-corrected chi connectivity index (χ2v) is 7.69. The zero-order valence-corrected chi connectivity index (χ0v) is 12.4. The summed E-state index contributed by atoms with van der Waals surface area (Å²) in [6, 6.07) is -0.649. The Morgan fingerprint density at radius 1 is 1.42 bits per heavy atom. The lowest BCUT2D eigenvalue weighted by Crippen LogP contribution is -2.39. The van der Waals surface area contributed by atoms with Gasteiger partial charge in [0.15, 0.2) is 0 Å². The Kier molecular flexibility index (Phi) is 4.60. The highest BCUT2D eigenvalue weighted by molar-refractivity contribution is 7.94. The quantitative estimate of drug-likeness (QED) is 0.862. The number of hydrogen-bond acceptors (Lipinski definition) is 4. The van der Waals surface area contributed by atoms with E-state index in [0.717, 1.165) is 25.2 Å². The first-order valence-electron chi connectivity index (χ1n) is 6.06. The Bertz CT molecular complexity index is 474. The number of alkyl carbamates (subject to hydrolysis) is 1. The number of ether oxygens (including phenoxy) is 1. The van der Waals surface area contributed by atoms with Gasteiger partial charge in [-0.2, -0.15) is 4.39 Å². The summed E-state index contributed by atoms with van der Waals surface area (Å²) < 4.78 is 40.6. The first-order chi connectivity index (χ1) is 8.49. The van der Waals surface area contributed by atoms with E-state index in [-0.39, 0.29) is 5.92 Å². The van der Waals surface area contributed by atoms with Gasteiger partial charge in [0, 0.05) is 6.26 Å². The Morgan fingerprint density at radius 2 is 1.95 bits per heavy atom. The van der Waals surface area contributed by atoms with Gasteiger partial charge in [-0.25, -0.2) is 13.2 Å². The van der Waals surface area contributed by atoms with Crippen LogP contribution in [0.1, 0.15) is 33.6 Å². The van der Waals surface area contributed by atoms with Crippen LogP contribution in [-0.4, -0.2) is 32.4 Å². The molecule has 1 N–H and O–H groups in total. The van der Waals surface area contributed by atoms with Gasteiger partial charge in [-0.15, -0.1) is 0 Å². The molecule has 0 radical (unpaired) electrons. The van der Waals surface area contributed by atoms with Gasteiger partial charge < -0.3 is 10.1 Å². The van der Waals surface area contributed by atoms with E-state index in [1.165, 1.54) is 0 Å². The van der Waals surface area contributed by atoms with Crippen molar-refractivity contribution in [1.82, 2.24) is 5.32 Å². The fourth-order valence-corrected chi connectivity index (χ4v) is 1.85. The molecule has 1 rings (SSSR count). The summed E-state index contributed by atoms with van der Waals surface area (Å²) in [5, 5.41) is 1.27. The molecule has 5 nitrogen and oxygen atoms in total. The van der Waals surface area contributed by atoms with E-state index < -0.39 is 32.7 Å². The fraction of sp³-hybridized carbons (Fsp3) is 0.750. The minimum Gasteiger partial charge on any atom is -0.444 e. The lowest BCUT2D eigenvalue weighted by atomic mass is 10.2. The number of carbonyl (C=O) groups excluding carboxylic acids is 1. The van der Waals surface area contributed by atoms with Crippen molar-refractivity contribution in [3.05, 3.63) is 11.2 Å². The summed E-state index contributed by atoms with van der Waals surface area (Å²) in [6.45, 7) is 5.14. The lowest BCUT2D eigenvalue weighted by molar-refractivity contribution is 0.0509. The van der Waals surface area contributed by atoms with E-state index in [1.807, 2.05) is 0 Å². The Labute approximate surface area is 113 Å². The van der Waals surface area contributed by atoms with E-state index in [4.69, 9.17) is 4.74 Å². The van der Waals surface area contributed by atoms with Crippen molar-refractivity contribution in [2.45, 2.75) is 45.3 Å². The Morgan fingerprint density at radius 3 is 2.32 bits per heavy atom. The van der Waals surface area contributed by atoms with Gasteiger partial charge in [-0.05, 0) is 45.6 Å². The number of carbonyl (C=O) groups is 1. The van der Waals surface area contributed by atoms with Crippen LogP contribution >= 0.6 is 0 Å². The van der Waals surface area contributed by atoms with Crippen molar-refractivity contribution >= 4 is 15.9 Å². The van der Waals surface area contributed by atoms with Gasteiger partial charge in [0.05, 0.1) is 6.04 Å². The summed E-state index contributed by atoms with van der Waals surface area (Å²) >= 11 is 0. The zero-order valence-electron chi connectivity index (χ0n) is 11.6. The lowest BCUT2D eigenvalue weighted by Gasteiger charge is -2.22. The molecular weight excluding hydrogens is 273 g/mol. The van der Waals surface area contributed by atoms with Gasteiger partial charge in [0.2, 0.25) is 15.0 Å². The highest BCUT2D eigenvalue weighted by Gasteiger charge is 2.33. The van der Waals surface area contributed by atoms with Gasteiger partial charge in [-0.3, -0.25) is 0 Å². The SMILES string of the molecule is CC(C)(C)OC(=O)N[C@H](/C=C(\F)S(C)(=O)=O)C1CC1. The number of halogens is 1. The predicted molar refractivity (Wildman–Crippen MR) is 69.9 cm³/mol. The minimum absolute atomic E-state index is 0.0695. The average molecular weight is 293 g/mol. The second-order valence-electron chi connectivity index (χ2n) is 5.75. The summed E-state index contributed by atoms with van der Waals surface area (Å²) in [7, 11) is -3.87. The molecule has 1 saturated carbocycles. The third-order valence-corrected chi connectivity index (χ3v) is 3.32. The van der Waals surface area contributed by atoms with E-state index in [2.05, 4.69) is 5.32 Å². The van der Waals surface area contributed by atoms with Crippen LogP contribution in [-0.2, 0) is 14.6 Å². The van der Waals surface area contributed by atoms with Crippen LogP contribution in [0.4, 0.5) is 9.18 Å². The number of amides is 1. The third kappa shape index (κ3) is 6.04. The molecule has 0 spiro atoms. The number of sulfone groups is 1. The highest BCUT2D eigenvalue weighted by Crippen LogP contribution is 2.34. The third-order valence-electron chi connectivity index (χ3n) is 2.48. The van der Waals surface area contributed by atoms with E-state index in [1.54, 1.807) is 20.8 Å². The molecule has 0 heterocycles. The number of rotatable bonds is 4. The highest BCUT2D eigenvalue weighted by atomic mass is 32.2. The van der Waals surface area contributed by atoms with Crippen molar-refractivity contribution in [2.75, 3.05) is 6.26 Å². The molecule has 1 atom stereocenters. The van der Waals surface area contributed by atoms with Crippen LogP contribution in [0.25, 0.3) is 0 Å². The molecule has 0 saturated heterocycles. The van der Waals surface area contributed by atoms with Gasteiger partial charge >= 0.3 is 6.09 Å². The molecule has 0 aromatic carbocycles. The second kappa shape index (κ2) is 5.48. The molecule has 19 heavy (non-hydrogen) atoms. The van der Waals surface area contributed by atoms with E-state index in [9.17, 15) is 17.6 Å². The number of hydrogen-bond donors (Lipinski definition) is 1. The molecule has 0 unspecified atom stereocenters. The summed E-state index contributed by atoms with van der Waals surface area (Å²) in [6.07, 6.45) is 2.71. The van der Waals surface area contributed by atoms with Crippen LogP contribution in [0.3, 0.4) is 0 Å². The summed E-state index contributed by atoms with van der Waals surface area (Å²) in [4.78, 5) is 11.6. The summed E-state index contributed by atoms with van der Waals surface area (Å²) in [5.41, 5.74) is -0.655. The standard InChI is InChI=1S/C12H20FNO4S/c1-12(2,3)18-11(15)14-9(8-5-6-8)7-10(13)19(4,16)17/h7-9H,5-6H2,1-4H3,(H,14,15)/b10-7+/t9-/m1/s1. The van der Waals surface area contributed by atoms with Crippen molar-refractivity contribution in [1.29, 1.82) is 0 Å². The Hall–Kier alpha value is -1.11. The number of nitrogens with one attached hydrogen (secondary N) is 1. The molecule has 7 heteroatoms. The van der Waals surface area contributed by atoms with E-state index in [0.29, 0.717) is 0 Å². The topological polar surface area (TPSA) is 72.5 Å². The van der Waals surface area contributed by atoms with Crippen molar-refractivity contribution < 1.29 is 22.3 Å². The van der Waals surface area contributed by atoms with Crippen LogP contribution in [0, 0.1) is 5.92 Å². The maximum Gasteiger partial charge on any atom is 0.408 e.